The first-order valence-electron chi connectivity index (χ1n) is 4.05. The maximum absolute atomic E-state index is 5.56. The van der Waals surface area contributed by atoms with Crippen LogP contribution in [0.2, 0.25) is 0 Å². The summed E-state index contributed by atoms with van der Waals surface area (Å²) in [5.74, 6) is -0.127. The molecule has 0 bridgehead atoms. The van der Waals surface area contributed by atoms with Crippen LogP contribution >= 0.6 is 0 Å². The van der Waals surface area contributed by atoms with Crippen LogP contribution in [-0.4, -0.2) is 25.5 Å². The van der Waals surface area contributed by atoms with E-state index in [0.29, 0.717) is 0 Å². The lowest BCUT2D eigenvalue weighted by atomic mass is 10.1. The van der Waals surface area contributed by atoms with E-state index in [1.165, 1.54) is 12.8 Å². The van der Waals surface area contributed by atoms with Crippen molar-refractivity contribution in [2.45, 2.75) is 25.1 Å². The fraction of sp³-hybridized carbons (Fsp3) is 1.00. The quantitative estimate of drug-likeness (QED) is 0.501. The molecule has 1 atom stereocenters. The van der Waals surface area contributed by atoms with Crippen LogP contribution in [0.5, 0.6) is 0 Å². The molecule has 2 rings (SSSR count). The Morgan fingerprint density at radius 1 is 1.10 bits per heavy atom. The highest BCUT2D eigenvalue weighted by atomic mass is 16.5. The summed E-state index contributed by atoms with van der Waals surface area (Å²) < 4.78 is 5.56. The molecule has 10 heavy (non-hydrogen) atoms. The lowest BCUT2D eigenvalue weighted by molar-refractivity contribution is -0.0580. The third-order valence-electron chi connectivity index (χ3n) is 2.23. The molecule has 2 aliphatic heterocycles. The standard InChI is InChI=1S/C7H14N2O/c1-2-4-8-7(3-1)9-5-6-10-7/h8-9H,1-6H2. The van der Waals surface area contributed by atoms with Gasteiger partial charge < -0.3 is 4.74 Å². The molecule has 3 heteroatoms. The smallest absolute Gasteiger partial charge is 0.174 e. The summed E-state index contributed by atoms with van der Waals surface area (Å²) in [4.78, 5) is 0. The normalized spacial score (nSPS) is 40.8. The van der Waals surface area contributed by atoms with Crippen molar-refractivity contribution < 1.29 is 4.74 Å². The lowest BCUT2D eigenvalue weighted by Gasteiger charge is -2.33. The van der Waals surface area contributed by atoms with Gasteiger partial charge in [0.15, 0.2) is 5.85 Å². The summed E-state index contributed by atoms with van der Waals surface area (Å²) in [5, 5.41) is 6.70. The molecule has 2 saturated heterocycles. The average Bonchev–Trinajstić information content (AvgIpc) is 2.39. The van der Waals surface area contributed by atoms with E-state index < -0.39 is 0 Å². The molecule has 2 N–H and O–H groups in total. The first kappa shape index (κ1) is 6.58. The second-order valence-electron chi connectivity index (χ2n) is 2.99. The number of nitrogens with one attached hydrogen (secondary N) is 2. The van der Waals surface area contributed by atoms with E-state index in [2.05, 4.69) is 10.6 Å². The molecule has 58 valence electrons. The van der Waals surface area contributed by atoms with Gasteiger partial charge in [0.05, 0.1) is 6.61 Å². The summed E-state index contributed by atoms with van der Waals surface area (Å²) in [7, 11) is 0. The first-order valence-corrected chi connectivity index (χ1v) is 4.05. The Morgan fingerprint density at radius 3 is 2.60 bits per heavy atom. The van der Waals surface area contributed by atoms with Gasteiger partial charge >= 0.3 is 0 Å². The Balaban J connectivity index is 1.98. The van der Waals surface area contributed by atoms with Crippen molar-refractivity contribution in [1.82, 2.24) is 10.6 Å². The first-order chi connectivity index (χ1) is 4.91. The minimum absolute atomic E-state index is 0.127. The molecule has 0 amide bonds. The van der Waals surface area contributed by atoms with Crippen LogP contribution in [0.4, 0.5) is 0 Å². The van der Waals surface area contributed by atoms with Crippen molar-refractivity contribution in [2.24, 2.45) is 0 Å². The van der Waals surface area contributed by atoms with Gasteiger partial charge in [-0.3, -0.25) is 10.6 Å². The van der Waals surface area contributed by atoms with Crippen LogP contribution in [0, 0.1) is 0 Å². The van der Waals surface area contributed by atoms with Gasteiger partial charge in [0.2, 0.25) is 0 Å². The molecule has 3 nitrogen and oxygen atoms in total. The van der Waals surface area contributed by atoms with Crippen molar-refractivity contribution in [2.75, 3.05) is 19.7 Å². The lowest BCUT2D eigenvalue weighted by Crippen LogP contribution is -2.56. The van der Waals surface area contributed by atoms with E-state index in [4.69, 9.17) is 4.74 Å². The number of ether oxygens (including phenoxy) is 1. The fourth-order valence-electron chi connectivity index (χ4n) is 1.68. The zero-order valence-corrected chi connectivity index (χ0v) is 6.15. The van der Waals surface area contributed by atoms with Crippen molar-refractivity contribution in [3.05, 3.63) is 0 Å². The number of rotatable bonds is 0. The van der Waals surface area contributed by atoms with Crippen LogP contribution in [0.25, 0.3) is 0 Å². The van der Waals surface area contributed by atoms with Crippen molar-refractivity contribution in [3.8, 4) is 0 Å². The molecular formula is C7H14N2O. The molecule has 0 saturated carbocycles. The third kappa shape index (κ3) is 1.05. The monoisotopic (exact) mass is 142 g/mol. The number of hydrogen-bond acceptors (Lipinski definition) is 3. The minimum atomic E-state index is -0.127. The van der Waals surface area contributed by atoms with Gasteiger partial charge in [-0.15, -0.1) is 0 Å². The second-order valence-corrected chi connectivity index (χ2v) is 2.99. The molecule has 1 spiro atoms. The predicted octanol–water partition coefficient (Wildman–Crippen LogP) is 0.0335. The summed E-state index contributed by atoms with van der Waals surface area (Å²) in [6.45, 7) is 2.94. The largest absolute Gasteiger partial charge is 0.346 e. The summed E-state index contributed by atoms with van der Waals surface area (Å²) in [6, 6.07) is 0. The van der Waals surface area contributed by atoms with Gasteiger partial charge in [-0.25, -0.2) is 0 Å². The Labute approximate surface area is 61.1 Å². The van der Waals surface area contributed by atoms with E-state index in [0.717, 1.165) is 26.1 Å². The van der Waals surface area contributed by atoms with Crippen molar-refractivity contribution in [3.63, 3.8) is 0 Å². The molecule has 2 fully saturated rings. The molecular weight excluding hydrogens is 128 g/mol. The SMILES string of the molecule is C1CCC2(NC1)NCCO2. The zero-order valence-electron chi connectivity index (χ0n) is 6.15. The molecule has 0 aromatic heterocycles. The van der Waals surface area contributed by atoms with Gasteiger partial charge in [0.25, 0.3) is 0 Å². The molecule has 2 heterocycles. The third-order valence-corrected chi connectivity index (χ3v) is 2.23. The van der Waals surface area contributed by atoms with Crippen molar-refractivity contribution in [1.29, 1.82) is 0 Å². The summed E-state index contributed by atoms with van der Waals surface area (Å²) in [6.07, 6.45) is 3.68. The maximum Gasteiger partial charge on any atom is 0.174 e. The highest BCUT2D eigenvalue weighted by Crippen LogP contribution is 2.20. The van der Waals surface area contributed by atoms with Gasteiger partial charge in [-0.1, -0.05) is 0 Å². The highest BCUT2D eigenvalue weighted by Gasteiger charge is 2.35. The van der Waals surface area contributed by atoms with Crippen LogP contribution in [0.3, 0.4) is 0 Å². The van der Waals surface area contributed by atoms with Gasteiger partial charge in [0, 0.05) is 13.0 Å². The zero-order chi connectivity index (χ0) is 6.86. The molecule has 0 radical (unpaired) electrons. The molecule has 2 aliphatic rings. The van der Waals surface area contributed by atoms with Crippen LogP contribution in [0.15, 0.2) is 0 Å². The number of hydrogen-bond donors (Lipinski definition) is 2. The second kappa shape index (κ2) is 2.49. The van der Waals surface area contributed by atoms with Gasteiger partial charge in [0.1, 0.15) is 0 Å². The molecule has 0 aromatic carbocycles. The topological polar surface area (TPSA) is 33.3 Å². The molecule has 1 unspecified atom stereocenters. The Kier molecular flexibility index (Phi) is 1.64. The van der Waals surface area contributed by atoms with E-state index in [9.17, 15) is 0 Å². The highest BCUT2D eigenvalue weighted by molar-refractivity contribution is 4.83. The van der Waals surface area contributed by atoms with E-state index in [-0.39, 0.29) is 5.85 Å². The van der Waals surface area contributed by atoms with E-state index in [1.54, 1.807) is 0 Å². The van der Waals surface area contributed by atoms with Gasteiger partial charge in [-0.05, 0) is 19.4 Å². The van der Waals surface area contributed by atoms with Crippen LogP contribution in [-0.2, 0) is 4.74 Å². The Bertz CT molecular complexity index is 113. The average molecular weight is 142 g/mol. The number of piperidine rings is 1. The summed E-state index contributed by atoms with van der Waals surface area (Å²) >= 11 is 0. The van der Waals surface area contributed by atoms with Crippen LogP contribution in [0.1, 0.15) is 19.3 Å². The fourth-order valence-corrected chi connectivity index (χ4v) is 1.68. The maximum atomic E-state index is 5.56. The Morgan fingerprint density at radius 2 is 2.00 bits per heavy atom. The van der Waals surface area contributed by atoms with Crippen LogP contribution < -0.4 is 10.6 Å². The van der Waals surface area contributed by atoms with E-state index in [1.807, 2.05) is 0 Å². The molecule has 0 aliphatic carbocycles. The minimum Gasteiger partial charge on any atom is -0.346 e. The summed E-state index contributed by atoms with van der Waals surface area (Å²) in [5.41, 5.74) is 0. The van der Waals surface area contributed by atoms with Crippen molar-refractivity contribution >= 4 is 0 Å². The van der Waals surface area contributed by atoms with Gasteiger partial charge in [-0.2, -0.15) is 0 Å². The Hall–Kier alpha value is -0.120. The predicted molar refractivity (Wildman–Crippen MR) is 38.5 cm³/mol. The molecule has 0 aromatic rings. The van der Waals surface area contributed by atoms with E-state index >= 15 is 0 Å².